The molecule has 2 heterocycles. The fraction of sp³-hybridized carbons (Fsp3) is 0.630. The second-order valence-electron chi connectivity index (χ2n) is 12.4. The number of carbonyl (C=O) groups excluding carboxylic acids is 2. The van der Waals surface area contributed by atoms with Crippen LogP contribution >= 0.6 is 0 Å². The first-order chi connectivity index (χ1) is 17.5. The summed E-state index contributed by atoms with van der Waals surface area (Å²) in [7, 11) is 0. The summed E-state index contributed by atoms with van der Waals surface area (Å²) in [6.07, 6.45) is -4.82. The molecule has 1 saturated heterocycles. The predicted octanol–water partition coefficient (Wildman–Crippen LogP) is 6.65. The monoisotopic (exact) mass is 557 g/mol. The number of aromatic nitrogens is 1. The molecule has 0 aliphatic carbocycles. The molecule has 2 amide bonds. The number of ether oxygens (including phenoxy) is 2. The highest BCUT2D eigenvalue weighted by molar-refractivity contribution is 5.90. The molecule has 1 N–H and O–H groups in total. The van der Waals surface area contributed by atoms with Gasteiger partial charge >= 0.3 is 24.3 Å². The number of amides is 2. The minimum Gasteiger partial charge on any atom is -0.476 e. The average Bonchev–Trinajstić information content (AvgIpc) is 3.02. The van der Waals surface area contributed by atoms with Gasteiger partial charge in [0.2, 0.25) is 0 Å². The number of anilines is 1. The van der Waals surface area contributed by atoms with Crippen LogP contribution in [0.25, 0.3) is 0 Å². The number of halogens is 3. The zero-order valence-corrected chi connectivity index (χ0v) is 23.7. The lowest BCUT2D eigenvalue weighted by Crippen LogP contribution is -2.43. The van der Waals surface area contributed by atoms with Crippen molar-refractivity contribution in [2.75, 3.05) is 11.4 Å². The zero-order valence-electron chi connectivity index (χ0n) is 23.7. The number of hydrogen-bond acceptors (Lipinski definition) is 7. The van der Waals surface area contributed by atoms with E-state index in [9.17, 15) is 32.7 Å². The van der Waals surface area contributed by atoms with Gasteiger partial charge in [0.1, 0.15) is 17.0 Å². The van der Waals surface area contributed by atoms with Crippen LogP contribution in [0.15, 0.2) is 18.7 Å². The van der Waals surface area contributed by atoms with Gasteiger partial charge in [-0.15, -0.1) is 6.58 Å². The Morgan fingerprint density at radius 1 is 1.13 bits per heavy atom. The molecular formula is C27H38F3N3O6. The van der Waals surface area contributed by atoms with Crippen molar-refractivity contribution in [1.82, 2.24) is 9.88 Å². The molecule has 1 aromatic heterocycles. The van der Waals surface area contributed by atoms with Crippen molar-refractivity contribution in [1.29, 1.82) is 0 Å². The lowest BCUT2D eigenvalue weighted by Gasteiger charge is -2.30. The molecule has 0 aromatic carbocycles. The quantitative estimate of drug-likeness (QED) is 0.387. The largest absolute Gasteiger partial charge is 0.476 e. The van der Waals surface area contributed by atoms with Crippen molar-refractivity contribution in [3.05, 3.63) is 35.5 Å². The van der Waals surface area contributed by atoms with Crippen LogP contribution in [-0.2, 0) is 22.2 Å². The highest BCUT2D eigenvalue weighted by atomic mass is 19.4. The number of carbonyl (C=O) groups is 3. The normalized spacial score (nSPS) is 17.5. The molecule has 2 rings (SSSR count). The molecule has 218 valence electrons. The molecule has 1 atom stereocenters. The zero-order chi connectivity index (χ0) is 30.1. The van der Waals surface area contributed by atoms with Gasteiger partial charge in [0.05, 0.1) is 12.1 Å². The maximum absolute atomic E-state index is 14.4. The van der Waals surface area contributed by atoms with Gasteiger partial charge in [-0.1, -0.05) is 19.9 Å². The van der Waals surface area contributed by atoms with E-state index in [1.807, 2.05) is 13.8 Å². The molecule has 1 aliphatic rings. The Morgan fingerprint density at radius 3 is 2.05 bits per heavy atom. The van der Waals surface area contributed by atoms with Crippen LogP contribution in [0, 0.1) is 5.41 Å². The van der Waals surface area contributed by atoms with E-state index in [0.717, 1.165) is 0 Å². The van der Waals surface area contributed by atoms with Crippen LogP contribution in [0.4, 0.5) is 28.6 Å². The minimum absolute atomic E-state index is 0.210. The maximum Gasteiger partial charge on any atom is 0.420 e. The number of hydrogen-bond donors (Lipinski definition) is 1. The minimum atomic E-state index is -4.91. The predicted molar refractivity (Wildman–Crippen MR) is 139 cm³/mol. The topological polar surface area (TPSA) is 109 Å². The third-order valence-corrected chi connectivity index (χ3v) is 5.68. The van der Waals surface area contributed by atoms with E-state index >= 15 is 0 Å². The fourth-order valence-corrected chi connectivity index (χ4v) is 4.34. The third kappa shape index (κ3) is 8.59. The Balaban J connectivity index is 2.71. The number of imide groups is 1. The second kappa shape index (κ2) is 11.1. The standard InChI is InChI=1S/C27H38F3N3O6/c1-10-11-17-13-26(8,9)15-33(17)20-18(27(28,29)30)12-16(19(31-20)21(34)35)14-32(22(36)38-24(2,3)4)23(37)39-25(5,6)7/h10,12,17H,1,11,13-15H2,2-9H3,(H,34,35). The molecule has 0 saturated carbocycles. The summed E-state index contributed by atoms with van der Waals surface area (Å²) in [4.78, 5) is 43.9. The number of carboxylic acids is 1. The van der Waals surface area contributed by atoms with Gasteiger partial charge in [-0.3, -0.25) is 0 Å². The van der Waals surface area contributed by atoms with E-state index in [1.165, 1.54) is 46.4 Å². The van der Waals surface area contributed by atoms with Gasteiger partial charge in [0.25, 0.3) is 0 Å². The summed E-state index contributed by atoms with van der Waals surface area (Å²) in [6, 6.07) is 0.253. The Hall–Kier alpha value is -3.31. The number of pyridine rings is 1. The average molecular weight is 558 g/mol. The molecule has 1 fully saturated rings. The van der Waals surface area contributed by atoms with Crippen molar-refractivity contribution in [2.45, 2.75) is 98.2 Å². The molecular weight excluding hydrogens is 519 g/mol. The summed E-state index contributed by atoms with van der Waals surface area (Å²) in [5.74, 6) is -2.14. The van der Waals surface area contributed by atoms with Crippen molar-refractivity contribution < 1.29 is 42.1 Å². The molecule has 1 unspecified atom stereocenters. The van der Waals surface area contributed by atoms with Crippen LogP contribution in [0.3, 0.4) is 0 Å². The van der Waals surface area contributed by atoms with Crippen LogP contribution in [0.1, 0.15) is 89.8 Å². The summed E-state index contributed by atoms with van der Waals surface area (Å²) < 4.78 is 53.7. The van der Waals surface area contributed by atoms with Gasteiger partial charge in [0, 0.05) is 18.2 Å². The first-order valence-corrected chi connectivity index (χ1v) is 12.5. The molecule has 9 nitrogen and oxygen atoms in total. The van der Waals surface area contributed by atoms with Crippen LogP contribution in [0.2, 0.25) is 0 Å². The van der Waals surface area contributed by atoms with Crippen molar-refractivity contribution >= 4 is 24.0 Å². The highest BCUT2D eigenvalue weighted by Crippen LogP contribution is 2.44. The summed E-state index contributed by atoms with van der Waals surface area (Å²) in [5.41, 5.74) is -4.89. The SMILES string of the molecule is C=CCC1CC(C)(C)CN1c1nc(C(=O)O)c(CN(C(=O)OC(C)(C)C)C(=O)OC(C)(C)C)cc1C(F)(F)F. The summed E-state index contributed by atoms with van der Waals surface area (Å²) >= 11 is 0. The number of aromatic carboxylic acids is 1. The van der Waals surface area contributed by atoms with Crippen LogP contribution in [-0.4, -0.2) is 56.9 Å². The molecule has 12 heteroatoms. The highest BCUT2D eigenvalue weighted by Gasteiger charge is 2.44. The molecule has 0 radical (unpaired) electrons. The third-order valence-electron chi connectivity index (χ3n) is 5.68. The first-order valence-electron chi connectivity index (χ1n) is 12.5. The van der Waals surface area contributed by atoms with E-state index in [2.05, 4.69) is 11.6 Å². The Bertz CT molecular complexity index is 1090. The van der Waals surface area contributed by atoms with Gasteiger partial charge < -0.3 is 19.5 Å². The number of alkyl halides is 3. The lowest BCUT2D eigenvalue weighted by atomic mass is 9.90. The Morgan fingerprint density at radius 2 is 1.64 bits per heavy atom. The fourth-order valence-electron chi connectivity index (χ4n) is 4.34. The van der Waals surface area contributed by atoms with Crippen molar-refractivity contribution in [3.63, 3.8) is 0 Å². The van der Waals surface area contributed by atoms with Crippen molar-refractivity contribution in [2.24, 2.45) is 5.41 Å². The smallest absolute Gasteiger partial charge is 0.420 e. The van der Waals surface area contributed by atoms with E-state index < -0.39 is 64.7 Å². The van der Waals surface area contributed by atoms with Gasteiger partial charge in [-0.2, -0.15) is 13.2 Å². The first kappa shape index (κ1) is 31.9. The van der Waals surface area contributed by atoms with Gasteiger partial charge in [-0.05, 0) is 65.9 Å². The van der Waals surface area contributed by atoms with Crippen molar-refractivity contribution in [3.8, 4) is 0 Å². The molecule has 1 aromatic rings. The van der Waals surface area contributed by atoms with Gasteiger partial charge in [0.15, 0.2) is 5.69 Å². The number of nitrogens with zero attached hydrogens (tertiary/aromatic N) is 3. The molecule has 0 bridgehead atoms. The van der Waals surface area contributed by atoms with Crippen LogP contribution in [0.5, 0.6) is 0 Å². The van der Waals surface area contributed by atoms with E-state index in [0.29, 0.717) is 23.8 Å². The molecule has 1 aliphatic heterocycles. The van der Waals surface area contributed by atoms with Crippen LogP contribution < -0.4 is 4.90 Å². The van der Waals surface area contributed by atoms with E-state index in [4.69, 9.17) is 9.47 Å². The number of rotatable bonds is 6. The maximum atomic E-state index is 14.4. The summed E-state index contributed by atoms with van der Waals surface area (Å²) in [5, 5.41) is 9.93. The Labute approximate surface area is 227 Å². The Kier molecular flexibility index (Phi) is 9.04. The lowest BCUT2D eigenvalue weighted by molar-refractivity contribution is -0.137. The number of carboxylic acid groups (broad SMARTS) is 1. The summed E-state index contributed by atoms with van der Waals surface area (Å²) in [6.45, 7) is 16.1. The second-order valence-corrected chi connectivity index (χ2v) is 12.4. The van der Waals surface area contributed by atoms with E-state index in [-0.39, 0.29) is 18.0 Å². The molecule has 0 spiro atoms. The van der Waals surface area contributed by atoms with Gasteiger partial charge in [-0.25, -0.2) is 24.3 Å². The molecule has 39 heavy (non-hydrogen) atoms. The van der Waals surface area contributed by atoms with E-state index in [1.54, 1.807) is 6.08 Å².